The molecule has 3 aromatic rings. The number of halogens is 1. The Balaban J connectivity index is 1.82. The number of amides is 1. The van der Waals surface area contributed by atoms with Crippen LogP contribution in [0.3, 0.4) is 0 Å². The van der Waals surface area contributed by atoms with Gasteiger partial charge in [0.25, 0.3) is 11.5 Å². The van der Waals surface area contributed by atoms with Crippen molar-refractivity contribution >= 4 is 39.9 Å². The molecule has 144 valence electrons. The van der Waals surface area contributed by atoms with Crippen LogP contribution in [0.4, 0.5) is 5.69 Å². The van der Waals surface area contributed by atoms with E-state index in [1.54, 1.807) is 50.2 Å². The Labute approximate surface area is 165 Å². The predicted molar refractivity (Wildman–Crippen MR) is 105 cm³/mol. The molecule has 0 radical (unpaired) electrons. The van der Waals surface area contributed by atoms with E-state index in [1.807, 2.05) is 0 Å². The van der Waals surface area contributed by atoms with Crippen LogP contribution in [0.15, 0.2) is 47.4 Å². The van der Waals surface area contributed by atoms with Crippen LogP contribution in [0.25, 0.3) is 10.8 Å². The fourth-order valence-corrected chi connectivity index (χ4v) is 2.74. The molecular formula is C19H17ClN4O4. The maximum Gasteiger partial charge on any atom is 0.359 e. The highest BCUT2D eigenvalue weighted by atomic mass is 35.5. The average molecular weight is 401 g/mol. The first-order valence-electron chi connectivity index (χ1n) is 8.47. The molecule has 0 atom stereocenters. The van der Waals surface area contributed by atoms with Crippen LogP contribution in [0.1, 0.15) is 30.4 Å². The summed E-state index contributed by atoms with van der Waals surface area (Å²) in [5, 5.41) is 7.49. The number of nitrogens with one attached hydrogen (secondary N) is 1. The maximum atomic E-state index is 12.6. The molecule has 0 aliphatic heterocycles. The molecular weight excluding hydrogens is 384 g/mol. The number of rotatable bonds is 5. The minimum absolute atomic E-state index is 0.0314. The van der Waals surface area contributed by atoms with Crippen LogP contribution < -0.4 is 10.9 Å². The van der Waals surface area contributed by atoms with Gasteiger partial charge >= 0.3 is 5.97 Å². The van der Waals surface area contributed by atoms with Crippen LogP contribution in [-0.2, 0) is 9.53 Å². The number of carbonyl (C=O) groups excluding carboxylic acids is 2. The zero-order valence-corrected chi connectivity index (χ0v) is 15.9. The van der Waals surface area contributed by atoms with E-state index in [4.69, 9.17) is 16.3 Å². The van der Waals surface area contributed by atoms with Crippen molar-refractivity contribution in [3.05, 3.63) is 63.8 Å². The Kier molecular flexibility index (Phi) is 5.70. The summed E-state index contributed by atoms with van der Waals surface area (Å²) in [7, 11) is 0. The summed E-state index contributed by atoms with van der Waals surface area (Å²) in [5.41, 5.74) is -0.0237. The smallest absolute Gasteiger partial charge is 0.359 e. The molecule has 0 saturated carbocycles. The fourth-order valence-electron chi connectivity index (χ4n) is 2.57. The van der Waals surface area contributed by atoms with Gasteiger partial charge in [-0.2, -0.15) is 5.10 Å². The highest BCUT2D eigenvalue weighted by molar-refractivity contribution is 6.32. The van der Waals surface area contributed by atoms with Crippen molar-refractivity contribution in [3.8, 4) is 0 Å². The Morgan fingerprint density at radius 3 is 2.57 bits per heavy atom. The topological polar surface area (TPSA) is 103 Å². The number of fused-ring (bicyclic) bond motifs is 1. The van der Waals surface area contributed by atoms with E-state index >= 15 is 0 Å². The van der Waals surface area contributed by atoms with E-state index in [0.717, 1.165) is 0 Å². The van der Waals surface area contributed by atoms with Crippen molar-refractivity contribution in [3.63, 3.8) is 0 Å². The van der Waals surface area contributed by atoms with Gasteiger partial charge < -0.3 is 10.1 Å². The second-order valence-corrected chi connectivity index (χ2v) is 6.56. The fraction of sp³-hybridized carbons (Fsp3) is 0.211. The number of ether oxygens (including phenoxy) is 1. The lowest BCUT2D eigenvalue weighted by molar-refractivity contribution is -0.119. The molecule has 9 heteroatoms. The molecule has 2 aromatic heterocycles. The van der Waals surface area contributed by atoms with E-state index in [2.05, 4.69) is 15.4 Å². The van der Waals surface area contributed by atoms with Crippen LogP contribution >= 0.6 is 11.6 Å². The third kappa shape index (κ3) is 4.01. The van der Waals surface area contributed by atoms with E-state index in [-0.39, 0.29) is 22.4 Å². The number of hydrogen-bond donors (Lipinski definition) is 1. The number of pyridine rings is 1. The van der Waals surface area contributed by atoms with Crippen molar-refractivity contribution in [1.82, 2.24) is 14.8 Å². The van der Waals surface area contributed by atoms with E-state index in [9.17, 15) is 14.4 Å². The lowest BCUT2D eigenvalue weighted by Gasteiger charge is -2.13. The summed E-state index contributed by atoms with van der Waals surface area (Å²) in [6.45, 7) is 3.02. The molecule has 1 N–H and O–H groups in total. The molecule has 0 aliphatic carbocycles. The van der Waals surface area contributed by atoms with Crippen molar-refractivity contribution in [1.29, 1.82) is 0 Å². The van der Waals surface area contributed by atoms with E-state index < -0.39 is 18.5 Å². The van der Waals surface area contributed by atoms with Crippen LogP contribution in [0.2, 0.25) is 5.15 Å². The first-order chi connectivity index (χ1) is 13.4. The van der Waals surface area contributed by atoms with Gasteiger partial charge in [-0.15, -0.1) is 0 Å². The predicted octanol–water partition coefficient (Wildman–Crippen LogP) is 2.82. The summed E-state index contributed by atoms with van der Waals surface area (Å²) in [5.74, 6) is -1.39. The normalized spacial score (nSPS) is 10.9. The SMILES string of the molecule is CC(C)n1nc(C(=O)OCC(=O)Nc2cccnc2Cl)c2ccccc2c1=O. The number of carbonyl (C=O) groups is 2. The first-order valence-corrected chi connectivity index (χ1v) is 8.85. The van der Waals surface area contributed by atoms with Gasteiger partial charge in [-0.3, -0.25) is 9.59 Å². The quantitative estimate of drug-likeness (QED) is 0.521. The largest absolute Gasteiger partial charge is 0.451 e. The highest BCUT2D eigenvalue weighted by Crippen LogP contribution is 2.18. The zero-order valence-electron chi connectivity index (χ0n) is 15.2. The minimum Gasteiger partial charge on any atom is -0.451 e. The summed E-state index contributed by atoms with van der Waals surface area (Å²) in [4.78, 5) is 40.9. The Hall–Kier alpha value is -3.26. The van der Waals surface area contributed by atoms with Crippen LogP contribution in [0, 0.1) is 0 Å². The molecule has 0 spiro atoms. The lowest BCUT2D eigenvalue weighted by atomic mass is 10.1. The van der Waals surface area contributed by atoms with Gasteiger partial charge in [-0.1, -0.05) is 29.8 Å². The van der Waals surface area contributed by atoms with Gasteiger partial charge in [0.15, 0.2) is 17.5 Å². The lowest BCUT2D eigenvalue weighted by Crippen LogP contribution is -2.28. The zero-order chi connectivity index (χ0) is 20.3. The molecule has 8 nitrogen and oxygen atoms in total. The Bertz CT molecular complexity index is 1110. The minimum atomic E-state index is -0.807. The van der Waals surface area contributed by atoms with Crippen molar-refractivity contribution in [2.24, 2.45) is 0 Å². The number of anilines is 1. The molecule has 0 bridgehead atoms. The number of benzene rings is 1. The number of aromatic nitrogens is 3. The van der Waals surface area contributed by atoms with Crippen molar-refractivity contribution < 1.29 is 14.3 Å². The van der Waals surface area contributed by atoms with Crippen molar-refractivity contribution in [2.75, 3.05) is 11.9 Å². The van der Waals surface area contributed by atoms with Gasteiger partial charge in [-0.05, 0) is 32.0 Å². The monoisotopic (exact) mass is 400 g/mol. The first kappa shape index (κ1) is 19.5. The molecule has 0 saturated heterocycles. The summed E-state index contributed by atoms with van der Waals surface area (Å²) < 4.78 is 6.31. The van der Waals surface area contributed by atoms with Crippen molar-refractivity contribution in [2.45, 2.75) is 19.9 Å². The molecule has 1 aromatic carbocycles. The summed E-state index contributed by atoms with van der Waals surface area (Å²) >= 11 is 5.88. The highest BCUT2D eigenvalue weighted by Gasteiger charge is 2.20. The summed E-state index contributed by atoms with van der Waals surface area (Å²) in [6, 6.07) is 9.55. The Morgan fingerprint density at radius 2 is 1.89 bits per heavy atom. The standard InChI is InChI=1S/C19H17ClN4O4/c1-11(2)24-18(26)13-7-4-3-6-12(13)16(23-24)19(27)28-10-15(25)22-14-8-5-9-21-17(14)20/h3-9,11H,10H2,1-2H3,(H,22,25). The van der Waals surface area contributed by atoms with Crippen LogP contribution in [-0.4, -0.2) is 33.2 Å². The molecule has 0 fully saturated rings. The third-order valence-electron chi connectivity index (χ3n) is 3.88. The Morgan fingerprint density at radius 1 is 1.18 bits per heavy atom. The van der Waals surface area contributed by atoms with E-state index in [1.165, 1.54) is 10.9 Å². The van der Waals surface area contributed by atoms with Gasteiger partial charge in [-0.25, -0.2) is 14.5 Å². The third-order valence-corrected chi connectivity index (χ3v) is 4.18. The van der Waals surface area contributed by atoms with Gasteiger partial charge in [0.05, 0.1) is 17.1 Å². The van der Waals surface area contributed by atoms with E-state index in [0.29, 0.717) is 16.5 Å². The number of hydrogen-bond acceptors (Lipinski definition) is 6. The molecule has 28 heavy (non-hydrogen) atoms. The average Bonchev–Trinajstić information content (AvgIpc) is 2.68. The van der Waals surface area contributed by atoms with Crippen LogP contribution in [0.5, 0.6) is 0 Å². The second-order valence-electron chi connectivity index (χ2n) is 6.20. The molecule has 2 heterocycles. The molecule has 0 unspecified atom stereocenters. The van der Waals surface area contributed by atoms with Gasteiger partial charge in [0, 0.05) is 11.6 Å². The summed E-state index contributed by atoms with van der Waals surface area (Å²) in [6.07, 6.45) is 1.48. The maximum absolute atomic E-state index is 12.6. The van der Waals surface area contributed by atoms with Gasteiger partial charge in [0.1, 0.15) is 0 Å². The number of nitrogens with zero attached hydrogens (tertiary/aromatic N) is 3. The van der Waals surface area contributed by atoms with Gasteiger partial charge in [0.2, 0.25) is 0 Å². The number of esters is 1. The second kappa shape index (κ2) is 8.18. The molecule has 0 aliphatic rings. The molecule has 1 amide bonds. The molecule has 3 rings (SSSR count).